The number of aromatic nitrogens is 2. The molecule has 4 rings (SSSR count). The van der Waals surface area contributed by atoms with Crippen molar-refractivity contribution in [3.63, 3.8) is 0 Å². The van der Waals surface area contributed by atoms with Crippen LogP contribution >= 0.6 is 11.6 Å². The van der Waals surface area contributed by atoms with Crippen LogP contribution in [-0.4, -0.2) is 42.6 Å². The smallest absolute Gasteiger partial charge is 0.327 e. The number of nitrogen functional groups attached to an aromatic ring is 1. The highest BCUT2D eigenvalue weighted by atomic mass is 35.5. The van der Waals surface area contributed by atoms with E-state index in [0.717, 1.165) is 23.6 Å². The van der Waals surface area contributed by atoms with E-state index < -0.39 is 28.4 Å². The Morgan fingerprint density at radius 3 is 2.40 bits per heavy atom. The number of ether oxygens (including phenoxy) is 1. The molecule has 0 saturated heterocycles. The summed E-state index contributed by atoms with van der Waals surface area (Å²) in [6.07, 6.45) is 2.46. The van der Waals surface area contributed by atoms with Crippen LogP contribution < -0.4 is 15.5 Å². The molecule has 0 radical (unpaired) electrons. The minimum atomic E-state index is -4.29. The van der Waals surface area contributed by atoms with Crippen LogP contribution in [-0.2, 0) is 19.6 Å². The maximum Gasteiger partial charge on any atom is 0.327 e. The van der Waals surface area contributed by atoms with E-state index in [1.165, 1.54) is 28.9 Å². The van der Waals surface area contributed by atoms with Gasteiger partial charge in [0.2, 0.25) is 0 Å². The molecule has 226 valence electrons. The van der Waals surface area contributed by atoms with Gasteiger partial charge in [-0.05, 0) is 80.8 Å². The van der Waals surface area contributed by atoms with Crippen molar-refractivity contribution in [2.45, 2.75) is 64.9 Å². The van der Waals surface area contributed by atoms with Gasteiger partial charge < -0.3 is 15.9 Å². The largest absolute Gasteiger partial charge is 0.461 e. The highest BCUT2D eigenvalue weighted by Gasteiger charge is 2.36. The van der Waals surface area contributed by atoms with Gasteiger partial charge in [0.1, 0.15) is 18.5 Å². The fourth-order valence-corrected chi connectivity index (χ4v) is 7.04. The van der Waals surface area contributed by atoms with Crippen molar-refractivity contribution in [2.75, 3.05) is 22.0 Å². The van der Waals surface area contributed by atoms with E-state index in [-0.39, 0.29) is 28.3 Å². The second kappa shape index (κ2) is 12.7. The SMILES string of the molecule is Cc1nc(N(CC(=O)OC2CC(C)CCC2C(C)C)S(=O)(=O)c2ccc(NC(=O)c3ccccc3Cl)cc2)c(C)n1N. The minimum absolute atomic E-state index is 0.0421. The molecule has 0 spiro atoms. The molecule has 3 atom stereocenters. The zero-order valence-electron chi connectivity index (χ0n) is 24.5. The summed E-state index contributed by atoms with van der Waals surface area (Å²) >= 11 is 6.12. The van der Waals surface area contributed by atoms with Gasteiger partial charge in [0, 0.05) is 5.69 Å². The van der Waals surface area contributed by atoms with Crippen LogP contribution in [0.4, 0.5) is 11.5 Å². The average Bonchev–Trinajstić information content (AvgIpc) is 3.18. The molecule has 1 aromatic heterocycles. The molecule has 1 fully saturated rings. The Kier molecular flexibility index (Phi) is 9.52. The number of imidazole rings is 1. The number of nitrogens with one attached hydrogen (secondary N) is 1. The summed E-state index contributed by atoms with van der Waals surface area (Å²) in [7, 11) is -4.29. The van der Waals surface area contributed by atoms with Crippen LogP contribution in [0.2, 0.25) is 5.02 Å². The Morgan fingerprint density at radius 2 is 1.81 bits per heavy atom. The molecule has 1 aliphatic carbocycles. The first kappa shape index (κ1) is 31.4. The van der Waals surface area contributed by atoms with Gasteiger partial charge in [-0.2, -0.15) is 0 Å². The van der Waals surface area contributed by atoms with E-state index in [1.54, 1.807) is 38.1 Å². The van der Waals surface area contributed by atoms with Gasteiger partial charge in [0.25, 0.3) is 15.9 Å². The first-order valence-electron chi connectivity index (χ1n) is 14.0. The Labute approximate surface area is 252 Å². The van der Waals surface area contributed by atoms with E-state index in [9.17, 15) is 18.0 Å². The highest BCUT2D eigenvalue weighted by molar-refractivity contribution is 7.92. The molecular weight excluding hydrogens is 578 g/mol. The van der Waals surface area contributed by atoms with Crippen molar-refractivity contribution >= 4 is 45.0 Å². The number of carbonyl (C=O) groups excluding carboxylic acids is 2. The standard InChI is InChI=1S/C30H38ClN5O5S/c1-18(2)24-15-10-19(3)16-27(24)41-28(37)17-35(29-20(4)36(32)21(5)33-29)42(39,40)23-13-11-22(12-14-23)34-30(38)25-8-6-7-9-26(25)31/h6-9,11-14,18-19,24,27H,10,15-17,32H2,1-5H3,(H,34,38). The summed E-state index contributed by atoms with van der Waals surface area (Å²) in [6.45, 7) is 9.06. The van der Waals surface area contributed by atoms with Crippen LogP contribution in [0.15, 0.2) is 53.4 Å². The van der Waals surface area contributed by atoms with Crippen molar-refractivity contribution in [3.8, 4) is 0 Å². The lowest BCUT2D eigenvalue weighted by molar-refractivity contribution is -0.153. The summed E-state index contributed by atoms with van der Waals surface area (Å²) in [5.74, 6) is 6.34. The number of hydrogen-bond donors (Lipinski definition) is 2. The zero-order valence-corrected chi connectivity index (χ0v) is 26.1. The number of rotatable bonds is 9. The molecule has 0 bridgehead atoms. The molecule has 3 aromatic rings. The van der Waals surface area contributed by atoms with Gasteiger partial charge in [-0.1, -0.05) is 50.9 Å². The molecule has 1 aliphatic rings. The quantitative estimate of drug-likeness (QED) is 0.246. The number of anilines is 2. The second-order valence-corrected chi connectivity index (χ2v) is 13.5. The molecule has 0 aliphatic heterocycles. The minimum Gasteiger partial charge on any atom is -0.461 e. The van der Waals surface area contributed by atoms with Crippen LogP contribution in [0, 0.1) is 31.6 Å². The van der Waals surface area contributed by atoms with E-state index in [0.29, 0.717) is 34.1 Å². The third kappa shape index (κ3) is 6.73. The lowest BCUT2D eigenvalue weighted by atomic mass is 9.75. The normalized spacial score (nSPS) is 19.0. The van der Waals surface area contributed by atoms with Crippen molar-refractivity contribution in [3.05, 3.63) is 70.6 Å². The molecule has 42 heavy (non-hydrogen) atoms. The molecule has 1 amide bonds. The fourth-order valence-electron chi connectivity index (χ4n) is 5.40. The van der Waals surface area contributed by atoms with Crippen LogP contribution in [0.5, 0.6) is 0 Å². The summed E-state index contributed by atoms with van der Waals surface area (Å²) in [6, 6.07) is 12.3. The third-order valence-electron chi connectivity index (χ3n) is 7.87. The van der Waals surface area contributed by atoms with E-state index in [1.807, 2.05) is 0 Å². The zero-order chi connectivity index (χ0) is 30.8. The number of halogens is 1. The van der Waals surface area contributed by atoms with Crippen molar-refractivity contribution in [2.24, 2.45) is 17.8 Å². The van der Waals surface area contributed by atoms with Gasteiger partial charge in [0.05, 0.1) is 21.2 Å². The predicted molar refractivity (Wildman–Crippen MR) is 163 cm³/mol. The van der Waals surface area contributed by atoms with Crippen molar-refractivity contribution in [1.29, 1.82) is 0 Å². The molecule has 12 heteroatoms. The van der Waals surface area contributed by atoms with E-state index in [2.05, 4.69) is 31.1 Å². The third-order valence-corrected chi connectivity index (χ3v) is 9.95. The summed E-state index contributed by atoms with van der Waals surface area (Å²) in [5.41, 5.74) is 1.03. The molecular formula is C30H38ClN5O5S. The van der Waals surface area contributed by atoms with Crippen molar-refractivity contribution in [1.82, 2.24) is 9.66 Å². The van der Waals surface area contributed by atoms with Gasteiger partial charge in [-0.3, -0.25) is 9.59 Å². The summed E-state index contributed by atoms with van der Waals surface area (Å²) in [5, 5.41) is 3.01. The maximum atomic E-state index is 14.0. The Balaban J connectivity index is 1.60. The Hall–Kier alpha value is -3.57. The van der Waals surface area contributed by atoms with Crippen LogP contribution in [0.25, 0.3) is 0 Å². The number of aryl methyl sites for hydroxylation is 1. The lowest BCUT2D eigenvalue weighted by Crippen LogP contribution is -2.41. The first-order valence-corrected chi connectivity index (χ1v) is 15.8. The van der Waals surface area contributed by atoms with Gasteiger partial charge >= 0.3 is 5.97 Å². The Bertz CT molecular complexity index is 1550. The second-order valence-electron chi connectivity index (χ2n) is 11.3. The first-order chi connectivity index (χ1) is 19.8. The molecule has 1 saturated carbocycles. The summed E-state index contributed by atoms with van der Waals surface area (Å²) in [4.78, 5) is 30.3. The number of nitrogens with zero attached hydrogens (tertiary/aromatic N) is 3. The van der Waals surface area contributed by atoms with Crippen LogP contribution in [0.1, 0.15) is 61.9 Å². The molecule has 1 heterocycles. The number of esters is 1. The number of carbonyl (C=O) groups is 2. The molecule has 10 nitrogen and oxygen atoms in total. The number of benzene rings is 2. The fraction of sp³-hybridized carbons (Fsp3) is 0.433. The number of nitrogens with two attached hydrogens (primary N) is 1. The van der Waals surface area contributed by atoms with Gasteiger partial charge in [-0.25, -0.2) is 22.4 Å². The number of sulfonamides is 1. The maximum absolute atomic E-state index is 14.0. The highest BCUT2D eigenvalue weighted by Crippen LogP contribution is 2.36. The number of hydrogen-bond acceptors (Lipinski definition) is 7. The molecule has 3 unspecified atom stereocenters. The van der Waals surface area contributed by atoms with Crippen LogP contribution in [0.3, 0.4) is 0 Å². The molecule has 2 aromatic carbocycles. The van der Waals surface area contributed by atoms with Gasteiger partial charge in [-0.15, -0.1) is 0 Å². The van der Waals surface area contributed by atoms with E-state index >= 15 is 0 Å². The van der Waals surface area contributed by atoms with Gasteiger partial charge in [0.15, 0.2) is 5.82 Å². The van der Waals surface area contributed by atoms with Crippen molar-refractivity contribution < 1.29 is 22.7 Å². The Morgan fingerprint density at radius 1 is 1.14 bits per heavy atom. The summed E-state index contributed by atoms with van der Waals surface area (Å²) < 4.78 is 36.1. The lowest BCUT2D eigenvalue weighted by Gasteiger charge is -2.37. The monoisotopic (exact) mass is 615 g/mol. The van der Waals surface area contributed by atoms with E-state index in [4.69, 9.17) is 22.2 Å². The molecule has 3 N–H and O–H groups in total. The number of amides is 1. The topological polar surface area (TPSA) is 137 Å². The average molecular weight is 616 g/mol. The predicted octanol–water partition coefficient (Wildman–Crippen LogP) is 5.32.